The van der Waals surface area contributed by atoms with Crippen molar-refractivity contribution in [3.05, 3.63) is 47.4 Å². The Morgan fingerprint density at radius 3 is 2.68 bits per heavy atom. The average molecular weight is 348 g/mol. The van der Waals surface area contributed by atoms with Gasteiger partial charge < -0.3 is 10.4 Å². The number of carboxylic acid groups (broad SMARTS) is 1. The number of carbonyl (C=O) groups excluding carboxylic acids is 1. The molecule has 2 aromatic heterocycles. The van der Waals surface area contributed by atoms with Crippen LogP contribution in [-0.4, -0.2) is 31.7 Å². The van der Waals surface area contributed by atoms with Crippen molar-refractivity contribution in [3.63, 3.8) is 0 Å². The lowest BCUT2D eigenvalue weighted by Crippen LogP contribution is -2.17. The van der Waals surface area contributed by atoms with Crippen molar-refractivity contribution in [3.8, 4) is 5.69 Å². The van der Waals surface area contributed by atoms with Crippen LogP contribution in [0.2, 0.25) is 0 Å². The van der Waals surface area contributed by atoms with E-state index in [-0.39, 0.29) is 22.7 Å². The van der Waals surface area contributed by atoms with E-state index in [2.05, 4.69) is 15.4 Å². The molecule has 1 aromatic carbocycles. The molecule has 0 bridgehead atoms. The van der Waals surface area contributed by atoms with Gasteiger partial charge in [-0.15, -0.1) is 0 Å². The molecule has 25 heavy (non-hydrogen) atoms. The third-order valence-electron chi connectivity index (χ3n) is 3.86. The average Bonchev–Trinajstić information content (AvgIpc) is 3.11. The summed E-state index contributed by atoms with van der Waals surface area (Å²) >= 11 is 0. The molecular weight excluding hydrogens is 341 g/mol. The molecule has 1 amide bonds. The summed E-state index contributed by atoms with van der Waals surface area (Å²) in [6.45, 7) is 0. The van der Waals surface area contributed by atoms with Crippen molar-refractivity contribution in [2.45, 2.75) is 6.18 Å². The van der Waals surface area contributed by atoms with Crippen LogP contribution >= 0.6 is 0 Å². The minimum absolute atomic E-state index is 0.0723. The highest BCUT2D eigenvalue weighted by atomic mass is 19.4. The lowest BCUT2D eigenvalue weighted by Gasteiger charge is -2.13. The number of aromatic nitrogens is 3. The molecule has 126 valence electrons. The van der Waals surface area contributed by atoms with E-state index in [0.717, 1.165) is 0 Å². The molecule has 3 aromatic rings. The SMILES string of the molecule is O=C(O)c1cnn(-c2ccc3c4c(ccnc24)C(=O)N3)c1C(F)(F)F. The molecule has 0 atom stereocenters. The van der Waals surface area contributed by atoms with Gasteiger partial charge in [-0.05, 0) is 18.2 Å². The van der Waals surface area contributed by atoms with Crippen LogP contribution in [-0.2, 0) is 6.18 Å². The first kappa shape index (κ1) is 15.1. The fourth-order valence-corrected chi connectivity index (χ4v) is 2.87. The number of carboxylic acids is 1. The Morgan fingerprint density at radius 1 is 1.24 bits per heavy atom. The summed E-state index contributed by atoms with van der Waals surface area (Å²) in [5.41, 5.74) is -1.65. The van der Waals surface area contributed by atoms with Gasteiger partial charge in [-0.2, -0.15) is 18.3 Å². The largest absolute Gasteiger partial charge is 0.478 e. The zero-order valence-electron chi connectivity index (χ0n) is 12.1. The van der Waals surface area contributed by atoms with E-state index in [1.165, 1.54) is 24.4 Å². The molecule has 0 radical (unpaired) electrons. The van der Waals surface area contributed by atoms with Gasteiger partial charge in [0.1, 0.15) is 5.56 Å². The molecule has 2 N–H and O–H groups in total. The number of amides is 1. The van der Waals surface area contributed by atoms with Crippen LogP contribution in [0.5, 0.6) is 0 Å². The standard InChI is InChI=1S/C15H7F3N4O3/c16-15(17,18)12-7(14(24)25)5-20-22(12)9-2-1-8-10-6(13(23)21-8)3-4-19-11(9)10/h1-5H,(H,21,23)(H,24,25). The summed E-state index contributed by atoms with van der Waals surface area (Å²) in [5, 5.41) is 15.6. The molecule has 10 heteroatoms. The number of alkyl halides is 3. The van der Waals surface area contributed by atoms with Crippen LogP contribution in [0.3, 0.4) is 0 Å². The zero-order valence-corrected chi connectivity index (χ0v) is 12.1. The van der Waals surface area contributed by atoms with E-state index in [0.29, 0.717) is 22.0 Å². The lowest BCUT2D eigenvalue weighted by atomic mass is 10.1. The number of nitrogens with zero attached hydrogens (tertiary/aromatic N) is 3. The summed E-state index contributed by atoms with van der Waals surface area (Å²) in [6.07, 6.45) is -3.01. The fourth-order valence-electron chi connectivity index (χ4n) is 2.87. The van der Waals surface area contributed by atoms with E-state index < -0.39 is 23.4 Å². The first-order valence-corrected chi connectivity index (χ1v) is 6.91. The quantitative estimate of drug-likeness (QED) is 0.742. The van der Waals surface area contributed by atoms with Gasteiger partial charge in [0.15, 0.2) is 5.69 Å². The van der Waals surface area contributed by atoms with Gasteiger partial charge >= 0.3 is 12.1 Å². The molecule has 1 aliphatic heterocycles. The number of carbonyl (C=O) groups is 2. The van der Waals surface area contributed by atoms with E-state index >= 15 is 0 Å². The molecule has 7 nitrogen and oxygen atoms in total. The number of pyridine rings is 1. The number of hydrogen-bond acceptors (Lipinski definition) is 4. The second-order valence-electron chi connectivity index (χ2n) is 5.29. The van der Waals surface area contributed by atoms with Crippen molar-refractivity contribution in [1.82, 2.24) is 14.8 Å². The maximum absolute atomic E-state index is 13.4. The number of hydrogen-bond donors (Lipinski definition) is 2. The van der Waals surface area contributed by atoms with Crippen LogP contribution in [0.25, 0.3) is 16.6 Å². The van der Waals surface area contributed by atoms with E-state index in [1.807, 2.05) is 0 Å². The molecule has 0 saturated heterocycles. The highest BCUT2D eigenvalue weighted by Gasteiger charge is 2.41. The molecule has 0 fully saturated rings. The topological polar surface area (TPSA) is 97.1 Å². The number of halogens is 3. The van der Waals surface area contributed by atoms with Crippen molar-refractivity contribution < 1.29 is 27.9 Å². The molecule has 0 unspecified atom stereocenters. The van der Waals surface area contributed by atoms with Crippen LogP contribution in [0.15, 0.2) is 30.6 Å². The van der Waals surface area contributed by atoms with Gasteiger partial charge in [0.05, 0.1) is 28.7 Å². The van der Waals surface area contributed by atoms with Gasteiger partial charge in [0.25, 0.3) is 5.91 Å². The van der Waals surface area contributed by atoms with Gasteiger partial charge in [-0.25, -0.2) is 9.48 Å². The molecule has 0 aliphatic carbocycles. The van der Waals surface area contributed by atoms with Crippen LogP contribution in [0.4, 0.5) is 18.9 Å². The smallest absolute Gasteiger partial charge is 0.434 e. The zero-order chi connectivity index (χ0) is 17.9. The third kappa shape index (κ3) is 2.07. The van der Waals surface area contributed by atoms with Crippen molar-refractivity contribution in [2.24, 2.45) is 0 Å². The van der Waals surface area contributed by atoms with E-state index in [4.69, 9.17) is 5.11 Å². The van der Waals surface area contributed by atoms with Gasteiger partial charge in [0.2, 0.25) is 0 Å². The summed E-state index contributed by atoms with van der Waals surface area (Å²) in [4.78, 5) is 27.1. The Balaban J connectivity index is 2.07. The second-order valence-corrected chi connectivity index (χ2v) is 5.29. The first-order valence-electron chi connectivity index (χ1n) is 6.91. The number of rotatable bonds is 2. The summed E-state index contributed by atoms with van der Waals surface area (Å²) in [7, 11) is 0. The molecule has 1 aliphatic rings. The molecule has 4 rings (SSSR count). The van der Waals surface area contributed by atoms with Crippen LogP contribution in [0, 0.1) is 0 Å². The monoisotopic (exact) mass is 348 g/mol. The highest BCUT2D eigenvalue weighted by molar-refractivity contribution is 6.24. The van der Waals surface area contributed by atoms with Gasteiger partial charge in [0, 0.05) is 11.6 Å². The van der Waals surface area contributed by atoms with Crippen LogP contribution < -0.4 is 5.32 Å². The Labute approximate surface area is 136 Å². The first-order chi connectivity index (χ1) is 11.8. The predicted molar refractivity (Wildman–Crippen MR) is 78.8 cm³/mol. The molecular formula is C15H7F3N4O3. The van der Waals surface area contributed by atoms with Crippen molar-refractivity contribution in [2.75, 3.05) is 5.32 Å². The second kappa shape index (κ2) is 4.79. The van der Waals surface area contributed by atoms with Gasteiger partial charge in [-0.1, -0.05) is 0 Å². The van der Waals surface area contributed by atoms with Crippen molar-refractivity contribution >= 4 is 28.5 Å². The Hall–Kier alpha value is -3.43. The fraction of sp³-hybridized carbons (Fsp3) is 0.0667. The number of benzene rings is 1. The van der Waals surface area contributed by atoms with E-state index in [9.17, 15) is 22.8 Å². The number of aromatic carboxylic acids is 1. The van der Waals surface area contributed by atoms with E-state index in [1.54, 1.807) is 0 Å². The lowest BCUT2D eigenvalue weighted by molar-refractivity contribution is -0.143. The maximum atomic E-state index is 13.4. The Bertz CT molecular complexity index is 1070. The molecule has 3 heterocycles. The molecule has 0 spiro atoms. The normalized spacial score (nSPS) is 13.3. The molecule has 0 saturated carbocycles. The minimum atomic E-state index is -4.94. The summed E-state index contributed by atoms with van der Waals surface area (Å²) in [6, 6.07) is 4.18. The maximum Gasteiger partial charge on any atom is 0.434 e. The Morgan fingerprint density at radius 2 is 2.00 bits per heavy atom. The van der Waals surface area contributed by atoms with Crippen LogP contribution in [0.1, 0.15) is 26.4 Å². The highest BCUT2D eigenvalue weighted by Crippen LogP contribution is 2.38. The Kier molecular flexibility index (Phi) is 2.89. The summed E-state index contributed by atoms with van der Waals surface area (Å²) in [5.74, 6) is -2.13. The number of nitrogens with one attached hydrogen (secondary N) is 1. The minimum Gasteiger partial charge on any atom is -0.478 e. The third-order valence-corrected chi connectivity index (χ3v) is 3.86. The van der Waals surface area contributed by atoms with Crippen molar-refractivity contribution in [1.29, 1.82) is 0 Å². The van der Waals surface area contributed by atoms with Gasteiger partial charge in [-0.3, -0.25) is 9.78 Å². The predicted octanol–water partition coefficient (Wildman–Crippen LogP) is 2.70. The number of anilines is 1. The summed E-state index contributed by atoms with van der Waals surface area (Å²) < 4.78 is 40.7.